The van der Waals surface area contributed by atoms with Crippen LogP contribution in [0.4, 0.5) is 5.69 Å². The summed E-state index contributed by atoms with van der Waals surface area (Å²) in [6, 6.07) is 16.1. The van der Waals surface area contributed by atoms with Crippen LogP contribution in [0.5, 0.6) is 0 Å². The normalized spacial score (nSPS) is 13.6. The summed E-state index contributed by atoms with van der Waals surface area (Å²) in [5.74, 6) is -0.405. The SMILES string of the molecule is Cc1ccccc1NC(=O)Cn1c(=O)cc(C(=O)N2CCCC2)c2ccccc21. The number of nitrogens with zero attached hydrogens (tertiary/aromatic N) is 2. The summed E-state index contributed by atoms with van der Waals surface area (Å²) < 4.78 is 1.42. The van der Waals surface area contributed by atoms with Crippen molar-refractivity contribution in [3.8, 4) is 0 Å². The van der Waals surface area contributed by atoms with Gasteiger partial charge >= 0.3 is 0 Å². The summed E-state index contributed by atoms with van der Waals surface area (Å²) in [5.41, 5.74) is 2.30. The number of benzene rings is 2. The molecule has 6 nitrogen and oxygen atoms in total. The number of pyridine rings is 1. The third-order valence-electron chi connectivity index (χ3n) is 5.36. The third kappa shape index (κ3) is 3.78. The highest BCUT2D eigenvalue weighted by molar-refractivity contribution is 6.06. The van der Waals surface area contributed by atoms with E-state index in [2.05, 4.69) is 5.32 Å². The van der Waals surface area contributed by atoms with E-state index in [4.69, 9.17) is 0 Å². The second-order valence-corrected chi connectivity index (χ2v) is 7.36. The molecule has 0 unspecified atom stereocenters. The maximum atomic E-state index is 12.9. The molecule has 1 aliphatic heterocycles. The first-order valence-electron chi connectivity index (χ1n) is 9.82. The van der Waals surface area contributed by atoms with Crippen LogP contribution >= 0.6 is 0 Å². The zero-order valence-corrected chi connectivity index (χ0v) is 16.4. The summed E-state index contributed by atoms with van der Waals surface area (Å²) >= 11 is 0. The van der Waals surface area contributed by atoms with E-state index in [9.17, 15) is 14.4 Å². The van der Waals surface area contributed by atoms with Crippen molar-refractivity contribution in [3.63, 3.8) is 0 Å². The lowest BCUT2D eigenvalue weighted by atomic mass is 10.1. The number of para-hydroxylation sites is 2. The van der Waals surface area contributed by atoms with Crippen molar-refractivity contribution < 1.29 is 9.59 Å². The van der Waals surface area contributed by atoms with Crippen LogP contribution in [0.3, 0.4) is 0 Å². The molecule has 3 aromatic rings. The van der Waals surface area contributed by atoms with Gasteiger partial charge in [0.2, 0.25) is 5.91 Å². The van der Waals surface area contributed by atoms with Gasteiger partial charge in [-0.1, -0.05) is 36.4 Å². The van der Waals surface area contributed by atoms with Crippen LogP contribution in [0.25, 0.3) is 10.9 Å². The second kappa shape index (κ2) is 7.91. The lowest BCUT2D eigenvalue weighted by molar-refractivity contribution is -0.116. The molecule has 1 aliphatic rings. The quantitative estimate of drug-likeness (QED) is 0.745. The molecular weight excluding hydrogens is 366 g/mol. The van der Waals surface area contributed by atoms with Gasteiger partial charge in [0.05, 0.1) is 11.1 Å². The lowest BCUT2D eigenvalue weighted by Crippen LogP contribution is -2.32. The molecule has 0 bridgehead atoms. The molecule has 2 aromatic carbocycles. The number of hydrogen-bond acceptors (Lipinski definition) is 3. The maximum Gasteiger partial charge on any atom is 0.254 e. The molecule has 2 amide bonds. The number of amides is 2. The fourth-order valence-corrected chi connectivity index (χ4v) is 3.81. The predicted molar refractivity (Wildman–Crippen MR) is 113 cm³/mol. The summed E-state index contributed by atoms with van der Waals surface area (Å²) in [7, 11) is 0. The minimum absolute atomic E-state index is 0.118. The van der Waals surface area contributed by atoms with Crippen LogP contribution in [0.15, 0.2) is 59.4 Å². The Hall–Kier alpha value is -3.41. The number of fused-ring (bicyclic) bond motifs is 1. The van der Waals surface area contributed by atoms with Crippen LogP contribution in [0, 0.1) is 6.92 Å². The van der Waals surface area contributed by atoms with Gasteiger partial charge in [-0.05, 0) is 37.5 Å². The number of hydrogen-bond donors (Lipinski definition) is 1. The highest BCUT2D eigenvalue weighted by Gasteiger charge is 2.23. The standard InChI is InChI=1S/C23H23N3O3/c1-16-8-2-4-10-19(16)24-21(27)15-26-20-11-5-3-9-17(20)18(14-22(26)28)23(29)25-12-6-7-13-25/h2-5,8-11,14H,6-7,12-13,15H2,1H3,(H,24,27). The highest BCUT2D eigenvalue weighted by atomic mass is 16.2. The summed E-state index contributed by atoms with van der Waals surface area (Å²) in [5, 5.41) is 3.55. The zero-order valence-electron chi connectivity index (χ0n) is 16.4. The molecule has 2 heterocycles. The van der Waals surface area contributed by atoms with E-state index in [1.165, 1.54) is 10.6 Å². The van der Waals surface area contributed by atoms with E-state index in [1.807, 2.05) is 49.4 Å². The van der Waals surface area contributed by atoms with Crippen molar-refractivity contribution in [3.05, 3.63) is 76.1 Å². The fourth-order valence-electron chi connectivity index (χ4n) is 3.81. The highest BCUT2D eigenvalue weighted by Crippen LogP contribution is 2.21. The first-order chi connectivity index (χ1) is 14.0. The molecule has 1 N–H and O–H groups in total. The molecule has 148 valence electrons. The van der Waals surface area contributed by atoms with Gasteiger partial charge in [0, 0.05) is 30.2 Å². The number of aryl methyl sites for hydroxylation is 1. The molecule has 0 aliphatic carbocycles. The Morgan fingerprint density at radius 2 is 1.69 bits per heavy atom. The molecule has 1 fully saturated rings. The summed E-state index contributed by atoms with van der Waals surface area (Å²) in [4.78, 5) is 40.2. The Labute approximate surface area is 168 Å². The van der Waals surface area contributed by atoms with Gasteiger partial charge in [-0.2, -0.15) is 0 Å². The average molecular weight is 389 g/mol. The van der Waals surface area contributed by atoms with Gasteiger partial charge in [-0.15, -0.1) is 0 Å². The Morgan fingerprint density at radius 3 is 2.45 bits per heavy atom. The second-order valence-electron chi connectivity index (χ2n) is 7.36. The van der Waals surface area contributed by atoms with Gasteiger partial charge in [-0.25, -0.2) is 0 Å². The van der Waals surface area contributed by atoms with Crippen molar-refractivity contribution in [1.29, 1.82) is 0 Å². The lowest BCUT2D eigenvalue weighted by Gasteiger charge is -2.18. The van der Waals surface area contributed by atoms with Gasteiger partial charge in [0.15, 0.2) is 0 Å². The zero-order chi connectivity index (χ0) is 20.4. The molecule has 0 atom stereocenters. The monoisotopic (exact) mass is 389 g/mol. The van der Waals surface area contributed by atoms with Crippen molar-refractivity contribution >= 4 is 28.4 Å². The van der Waals surface area contributed by atoms with Crippen molar-refractivity contribution in [2.75, 3.05) is 18.4 Å². The Kier molecular flexibility index (Phi) is 5.16. The molecule has 1 aromatic heterocycles. The minimum Gasteiger partial charge on any atom is -0.339 e. The van der Waals surface area contributed by atoms with Gasteiger partial charge in [0.1, 0.15) is 6.54 Å². The van der Waals surface area contributed by atoms with Crippen molar-refractivity contribution in [2.45, 2.75) is 26.3 Å². The molecular formula is C23H23N3O3. The van der Waals surface area contributed by atoms with E-state index >= 15 is 0 Å². The molecule has 1 saturated heterocycles. The van der Waals surface area contributed by atoms with E-state index in [1.54, 1.807) is 11.0 Å². The van der Waals surface area contributed by atoms with Crippen LogP contribution in [0.1, 0.15) is 28.8 Å². The number of carbonyl (C=O) groups excluding carboxylic acids is 2. The molecule has 0 radical (unpaired) electrons. The molecule has 29 heavy (non-hydrogen) atoms. The fraction of sp³-hybridized carbons (Fsp3) is 0.261. The van der Waals surface area contributed by atoms with Crippen molar-refractivity contribution in [2.24, 2.45) is 0 Å². The van der Waals surface area contributed by atoms with E-state index in [0.29, 0.717) is 16.5 Å². The van der Waals surface area contributed by atoms with E-state index in [0.717, 1.165) is 37.2 Å². The molecule has 0 saturated carbocycles. The number of anilines is 1. The topological polar surface area (TPSA) is 71.4 Å². The Morgan fingerprint density at radius 1 is 1.00 bits per heavy atom. The van der Waals surface area contributed by atoms with E-state index < -0.39 is 0 Å². The largest absolute Gasteiger partial charge is 0.339 e. The van der Waals surface area contributed by atoms with Gasteiger partial charge in [0.25, 0.3) is 11.5 Å². The molecule has 0 spiro atoms. The minimum atomic E-state index is -0.355. The number of aromatic nitrogens is 1. The molecule has 4 rings (SSSR count). The Bertz CT molecular complexity index is 1140. The number of likely N-dealkylation sites (tertiary alicyclic amines) is 1. The number of rotatable bonds is 4. The number of nitrogens with one attached hydrogen (secondary N) is 1. The Balaban J connectivity index is 1.68. The first-order valence-corrected chi connectivity index (χ1v) is 9.82. The van der Waals surface area contributed by atoms with Crippen LogP contribution in [0.2, 0.25) is 0 Å². The van der Waals surface area contributed by atoms with Crippen molar-refractivity contribution in [1.82, 2.24) is 9.47 Å². The first kappa shape index (κ1) is 18.9. The average Bonchev–Trinajstić information content (AvgIpc) is 3.26. The summed E-state index contributed by atoms with van der Waals surface area (Å²) in [6.07, 6.45) is 1.97. The van der Waals surface area contributed by atoms with Crippen LogP contribution < -0.4 is 10.9 Å². The van der Waals surface area contributed by atoms with Crippen LogP contribution in [-0.4, -0.2) is 34.4 Å². The third-order valence-corrected chi connectivity index (χ3v) is 5.36. The molecule has 6 heteroatoms. The van der Waals surface area contributed by atoms with Crippen LogP contribution in [-0.2, 0) is 11.3 Å². The number of carbonyl (C=O) groups is 2. The predicted octanol–water partition coefficient (Wildman–Crippen LogP) is 3.18. The smallest absolute Gasteiger partial charge is 0.254 e. The van der Waals surface area contributed by atoms with E-state index in [-0.39, 0.29) is 23.9 Å². The van der Waals surface area contributed by atoms with Gasteiger partial charge < -0.3 is 10.2 Å². The van der Waals surface area contributed by atoms with Gasteiger partial charge in [-0.3, -0.25) is 19.0 Å². The summed E-state index contributed by atoms with van der Waals surface area (Å²) in [6.45, 7) is 3.23. The maximum absolute atomic E-state index is 12.9.